The smallest absolute Gasteiger partial charge is 0.185 e. The van der Waals surface area contributed by atoms with Crippen molar-refractivity contribution in [3.8, 4) is 0 Å². The highest BCUT2D eigenvalue weighted by atomic mass is 35.5. The average molecular weight is 245 g/mol. The molecule has 1 aromatic heterocycles. The minimum Gasteiger partial charge on any atom is -0.344 e. The predicted molar refractivity (Wildman–Crippen MR) is 67.2 cm³/mol. The van der Waals surface area contributed by atoms with E-state index in [1.165, 1.54) is 25.0 Å². The van der Waals surface area contributed by atoms with Crippen molar-refractivity contribution >= 4 is 28.1 Å². The van der Waals surface area contributed by atoms with Crippen LogP contribution in [0.4, 0.5) is 5.13 Å². The molecular formula is C11H17ClN2S. The number of aromatic nitrogens is 1. The van der Waals surface area contributed by atoms with Crippen LogP contribution in [0.2, 0.25) is 0 Å². The number of rotatable bonds is 5. The summed E-state index contributed by atoms with van der Waals surface area (Å²) in [5.74, 6) is 0.692. The summed E-state index contributed by atoms with van der Waals surface area (Å²) in [6.07, 6.45) is 4.99. The molecule has 0 aliphatic heterocycles. The van der Waals surface area contributed by atoms with Crippen LogP contribution in [-0.2, 0) is 6.42 Å². The van der Waals surface area contributed by atoms with Crippen LogP contribution in [0.3, 0.4) is 0 Å². The Morgan fingerprint density at radius 3 is 2.87 bits per heavy atom. The number of nitrogens with zero attached hydrogens (tertiary/aromatic N) is 2. The zero-order chi connectivity index (χ0) is 10.7. The highest BCUT2D eigenvalue weighted by Crippen LogP contribution is 2.31. The summed E-state index contributed by atoms with van der Waals surface area (Å²) < 4.78 is 0. The van der Waals surface area contributed by atoms with Gasteiger partial charge in [-0.05, 0) is 25.7 Å². The Balaban J connectivity index is 2.08. The SMILES string of the molecule is CCc1csc(N(CCCl)C2CCC2)n1. The third-order valence-electron chi connectivity index (χ3n) is 2.99. The predicted octanol–water partition coefficient (Wildman–Crippen LogP) is 3.30. The van der Waals surface area contributed by atoms with Crippen LogP contribution in [0.5, 0.6) is 0 Å². The molecule has 0 amide bonds. The van der Waals surface area contributed by atoms with E-state index in [1.54, 1.807) is 11.3 Å². The van der Waals surface area contributed by atoms with Crippen LogP contribution in [-0.4, -0.2) is 23.5 Å². The van der Waals surface area contributed by atoms with E-state index in [0.29, 0.717) is 11.9 Å². The van der Waals surface area contributed by atoms with Gasteiger partial charge in [0.1, 0.15) is 0 Å². The van der Waals surface area contributed by atoms with Gasteiger partial charge in [0.2, 0.25) is 0 Å². The highest BCUT2D eigenvalue weighted by molar-refractivity contribution is 7.13. The normalized spacial score (nSPS) is 16.4. The number of thiazole rings is 1. The van der Waals surface area contributed by atoms with E-state index in [2.05, 4.69) is 22.2 Å². The van der Waals surface area contributed by atoms with Crippen LogP contribution in [0, 0.1) is 0 Å². The van der Waals surface area contributed by atoms with Crippen molar-refractivity contribution in [2.24, 2.45) is 0 Å². The molecule has 0 unspecified atom stereocenters. The fourth-order valence-corrected chi connectivity index (χ4v) is 3.00. The molecule has 84 valence electrons. The third-order valence-corrected chi connectivity index (χ3v) is 4.08. The first-order chi connectivity index (χ1) is 7.35. The summed E-state index contributed by atoms with van der Waals surface area (Å²) in [4.78, 5) is 7.03. The minimum atomic E-state index is 0.692. The van der Waals surface area contributed by atoms with Crippen LogP contribution in [0.1, 0.15) is 31.9 Å². The summed E-state index contributed by atoms with van der Waals surface area (Å²) in [6.45, 7) is 3.08. The molecule has 0 saturated heterocycles. The summed E-state index contributed by atoms with van der Waals surface area (Å²) in [6, 6.07) is 0.694. The van der Waals surface area contributed by atoms with Crippen molar-refractivity contribution in [1.29, 1.82) is 0 Å². The Bertz CT molecular complexity index is 309. The quantitative estimate of drug-likeness (QED) is 0.739. The molecule has 1 heterocycles. The number of hydrogen-bond donors (Lipinski definition) is 0. The Morgan fingerprint density at radius 2 is 2.40 bits per heavy atom. The summed E-state index contributed by atoms with van der Waals surface area (Å²) in [5.41, 5.74) is 1.20. The van der Waals surface area contributed by atoms with E-state index >= 15 is 0 Å². The first-order valence-electron chi connectivity index (χ1n) is 5.62. The van der Waals surface area contributed by atoms with Gasteiger partial charge in [-0.25, -0.2) is 4.98 Å². The van der Waals surface area contributed by atoms with Gasteiger partial charge in [0.15, 0.2) is 5.13 Å². The number of anilines is 1. The van der Waals surface area contributed by atoms with Gasteiger partial charge in [0, 0.05) is 23.8 Å². The first kappa shape index (κ1) is 11.2. The number of alkyl halides is 1. The van der Waals surface area contributed by atoms with Gasteiger partial charge in [-0.1, -0.05) is 6.92 Å². The van der Waals surface area contributed by atoms with Crippen LogP contribution in [0.25, 0.3) is 0 Å². The van der Waals surface area contributed by atoms with Crippen molar-refractivity contribution < 1.29 is 0 Å². The molecule has 2 rings (SSSR count). The standard InChI is InChI=1S/C11H17ClN2S/c1-2-9-8-15-11(13-9)14(7-6-12)10-4-3-5-10/h8,10H,2-7H2,1H3. The fourth-order valence-electron chi connectivity index (χ4n) is 1.81. The average Bonchev–Trinajstić information content (AvgIpc) is 2.62. The highest BCUT2D eigenvalue weighted by Gasteiger charge is 2.26. The summed E-state index contributed by atoms with van der Waals surface area (Å²) in [7, 11) is 0. The molecule has 0 bridgehead atoms. The van der Waals surface area contributed by atoms with E-state index < -0.39 is 0 Å². The van der Waals surface area contributed by atoms with Gasteiger partial charge >= 0.3 is 0 Å². The van der Waals surface area contributed by atoms with Crippen molar-refractivity contribution in [3.05, 3.63) is 11.1 Å². The second-order valence-corrected chi connectivity index (χ2v) is 5.16. The van der Waals surface area contributed by atoms with Crippen molar-refractivity contribution in [2.45, 2.75) is 38.6 Å². The van der Waals surface area contributed by atoms with E-state index in [-0.39, 0.29) is 0 Å². The lowest BCUT2D eigenvalue weighted by atomic mass is 9.92. The number of aryl methyl sites for hydroxylation is 1. The molecule has 0 radical (unpaired) electrons. The first-order valence-corrected chi connectivity index (χ1v) is 7.03. The summed E-state index contributed by atoms with van der Waals surface area (Å²) in [5, 5.41) is 3.33. The lowest BCUT2D eigenvalue weighted by Crippen LogP contribution is -2.41. The Hall–Kier alpha value is -0.280. The molecule has 4 heteroatoms. The number of hydrogen-bond acceptors (Lipinski definition) is 3. The molecule has 0 N–H and O–H groups in total. The Morgan fingerprint density at radius 1 is 1.60 bits per heavy atom. The van der Waals surface area contributed by atoms with Gasteiger partial charge in [0.05, 0.1) is 5.69 Å². The molecule has 0 spiro atoms. The maximum atomic E-state index is 5.85. The zero-order valence-corrected chi connectivity index (χ0v) is 10.7. The maximum absolute atomic E-state index is 5.85. The van der Waals surface area contributed by atoms with Crippen LogP contribution < -0.4 is 4.90 Å². The molecule has 1 aliphatic rings. The largest absolute Gasteiger partial charge is 0.344 e. The monoisotopic (exact) mass is 244 g/mol. The summed E-state index contributed by atoms with van der Waals surface area (Å²) >= 11 is 7.60. The van der Waals surface area contributed by atoms with Crippen molar-refractivity contribution in [1.82, 2.24) is 4.98 Å². The molecule has 15 heavy (non-hydrogen) atoms. The van der Waals surface area contributed by atoms with Crippen molar-refractivity contribution in [2.75, 3.05) is 17.3 Å². The van der Waals surface area contributed by atoms with Gasteiger partial charge in [-0.2, -0.15) is 0 Å². The third kappa shape index (κ3) is 2.45. The lowest BCUT2D eigenvalue weighted by molar-refractivity contribution is 0.390. The van der Waals surface area contributed by atoms with Gasteiger partial charge in [-0.3, -0.25) is 0 Å². The minimum absolute atomic E-state index is 0.692. The lowest BCUT2D eigenvalue weighted by Gasteiger charge is -2.37. The molecule has 1 fully saturated rings. The second-order valence-electron chi connectivity index (χ2n) is 3.94. The molecule has 1 aromatic rings. The second kappa shape index (κ2) is 5.17. The zero-order valence-electron chi connectivity index (χ0n) is 9.08. The Kier molecular flexibility index (Phi) is 3.87. The van der Waals surface area contributed by atoms with Crippen LogP contribution in [0.15, 0.2) is 5.38 Å². The van der Waals surface area contributed by atoms with Gasteiger partial charge < -0.3 is 4.90 Å². The van der Waals surface area contributed by atoms with E-state index in [1.807, 2.05) is 0 Å². The number of halogens is 1. The molecule has 0 atom stereocenters. The van der Waals surface area contributed by atoms with Crippen LogP contribution >= 0.6 is 22.9 Å². The van der Waals surface area contributed by atoms with Gasteiger partial charge in [0.25, 0.3) is 0 Å². The Labute approximate surface area is 100 Å². The topological polar surface area (TPSA) is 16.1 Å². The molecule has 0 aromatic carbocycles. The van der Waals surface area contributed by atoms with E-state index in [0.717, 1.165) is 18.1 Å². The molecular weight excluding hydrogens is 228 g/mol. The fraction of sp³-hybridized carbons (Fsp3) is 0.727. The van der Waals surface area contributed by atoms with Crippen molar-refractivity contribution in [3.63, 3.8) is 0 Å². The van der Waals surface area contributed by atoms with E-state index in [4.69, 9.17) is 11.6 Å². The van der Waals surface area contributed by atoms with Gasteiger partial charge in [-0.15, -0.1) is 22.9 Å². The maximum Gasteiger partial charge on any atom is 0.185 e. The molecule has 1 aliphatic carbocycles. The molecule has 2 nitrogen and oxygen atoms in total. The van der Waals surface area contributed by atoms with E-state index in [9.17, 15) is 0 Å². The molecule has 1 saturated carbocycles.